The highest BCUT2D eigenvalue weighted by molar-refractivity contribution is 6.08. The van der Waals surface area contributed by atoms with E-state index in [2.05, 4.69) is 66.7 Å². The third-order valence-electron chi connectivity index (χ3n) is 5.99. The molecule has 0 bridgehead atoms. The predicted octanol–water partition coefficient (Wildman–Crippen LogP) is 6.65. The Morgan fingerprint density at radius 1 is 1.11 bits per heavy atom. The van der Waals surface area contributed by atoms with Crippen molar-refractivity contribution in [2.24, 2.45) is 5.92 Å². The Balaban J connectivity index is 0.00000247. The lowest BCUT2D eigenvalue weighted by atomic mass is 10.0. The summed E-state index contributed by atoms with van der Waals surface area (Å²) < 4.78 is 0. The molecule has 2 aromatic carbocycles. The summed E-state index contributed by atoms with van der Waals surface area (Å²) in [5.74, 6) is 0.301. The summed E-state index contributed by atoms with van der Waals surface area (Å²) in [5.41, 5.74) is 6.20. The van der Waals surface area contributed by atoms with Gasteiger partial charge >= 0.3 is 0 Å². The first-order chi connectivity index (χ1) is 18.4. The van der Waals surface area contributed by atoms with Crippen LogP contribution < -0.4 is 16.2 Å². The number of nitriles is 1. The third-order valence-corrected chi connectivity index (χ3v) is 5.99. The number of allylic oxidation sites excluding steroid dienone is 2. The number of rotatable bonds is 12. The van der Waals surface area contributed by atoms with Gasteiger partial charge in [-0.3, -0.25) is 4.79 Å². The second kappa shape index (κ2) is 16.0. The number of hydrogen-bond donors (Lipinski definition) is 4. The molecule has 1 heterocycles. The zero-order valence-electron chi connectivity index (χ0n) is 23.3. The standard InChI is InChI=1S/C30H35N5O.C2H6/c1-21(2)15-26(19-32)27-17-29(30(36)35-20-27)34-14-12-28(25-6-4-5-22(3)16-25)33-13-11-23-7-9-24(18-31)10-8-23;1-2/h4-10,15-17,19-21,28,32-34H,11-14H2,1-3H3,(H,35,36);1-2H3/b26-15+,32-19?;. The summed E-state index contributed by atoms with van der Waals surface area (Å²) >= 11 is 0. The normalized spacial score (nSPS) is 11.8. The molecule has 38 heavy (non-hydrogen) atoms. The van der Waals surface area contributed by atoms with Crippen molar-refractivity contribution in [1.29, 1.82) is 10.7 Å². The average molecular weight is 512 g/mol. The molecule has 1 aromatic heterocycles. The number of nitrogens with zero attached hydrogens (tertiary/aromatic N) is 1. The summed E-state index contributed by atoms with van der Waals surface area (Å²) in [5, 5.41) is 23.7. The highest BCUT2D eigenvalue weighted by Gasteiger charge is 2.12. The van der Waals surface area contributed by atoms with E-state index in [0.717, 1.165) is 30.5 Å². The maximum Gasteiger partial charge on any atom is 0.271 e. The molecule has 6 heteroatoms. The molecule has 0 aliphatic heterocycles. The van der Waals surface area contributed by atoms with E-state index in [9.17, 15) is 4.79 Å². The molecule has 0 aliphatic carbocycles. The van der Waals surface area contributed by atoms with Gasteiger partial charge in [-0.25, -0.2) is 0 Å². The zero-order chi connectivity index (χ0) is 27.9. The van der Waals surface area contributed by atoms with Crippen molar-refractivity contribution in [3.63, 3.8) is 0 Å². The molecular weight excluding hydrogens is 470 g/mol. The van der Waals surface area contributed by atoms with Crippen LogP contribution in [-0.2, 0) is 6.42 Å². The van der Waals surface area contributed by atoms with E-state index in [-0.39, 0.29) is 11.6 Å². The van der Waals surface area contributed by atoms with Crippen molar-refractivity contribution >= 4 is 17.5 Å². The zero-order valence-corrected chi connectivity index (χ0v) is 23.3. The first kappa shape index (κ1) is 30.3. The summed E-state index contributed by atoms with van der Waals surface area (Å²) in [6.45, 7) is 11.6. The van der Waals surface area contributed by atoms with E-state index in [1.165, 1.54) is 22.9 Å². The maximum absolute atomic E-state index is 12.4. The Hall–Kier alpha value is -3.95. The molecule has 0 radical (unpaired) electrons. The smallest absolute Gasteiger partial charge is 0.271 e. The average Bonchev–Trinajstić information content (AvgIpc) is 2.93. The molecule has 0 saturated carbocycles. The number of aromatic amines is 1. The number of aromatic nitrogens is 1. The second-order valence-corrected chi connectivity index (χ2v) is 9.34. The van der Waals surface area contributed by atoms with E-state index < -0.39 is 0 Å². The molecule has 0 aliphatic rings. The maximum atomic E-state index is 12.4. The molecule has 4 N–H and O–H groups in total. The van der Waals surface area contributed by atoms with Crippen molar-refractivity contribution in [3.8, 4) is 6.07 Å². The largest absolute Gasteiger partial charge is 0.381 e. The minimum absolute atomic E-state index is 0.121. The van der Waals surface area contributed by atoms with E-state index in [0.29, 0.717) is 23.7 Å². The van der Waals surface area contributed by atoms with Crippen LogP contribution in [0.3, 0.4) is 0 Å². The van der Waals surface area contributed by atoms with Gasteiger partial charge in [0.2, 0.25) is 0 Å². The van der Waals surface area contributed by atoms with Gasteiger partial charge in [-0.15, -0.1) is 0 Å². The molecule has 1 unspecified atom stereocenters. The van der Waals surface area contributed by atoms with Crippen molar-refractivity contribution in [3.05, 3.63) is 105 Å². The van der Waals surface area contributed by atoms with Gasteiger partial charge in [0.25, 0.3) is 5.56 Å². The van der Waals surface area contributed by atoms with Gasteiger partial charge in [0.1, 0.15) is 5.69 Å². The topological polar surface area (TPSA) is 105 Å². The Morgan fingerprint density at radius 3 is 2.47 bits per heavy atom. The number of aryl methyl sites for hydroxylation is 1. The van der Waals surface area contributed by atoms with Crippen molar-refractivity contribution < 1.29 is 0 Å². The third kappa shape index (κ3) is 9.49. The Bertz CT molecular complexity index is 1280. The SMILES string of the molecule is CC.Cc1cccc(C(CCNc2cc(/C(C=N)=C/C(C)C)c[nH]c2=O)NCCc2ccc(C#N)cc2)c1. The van der Waals surface area contributed by atoms with E-state index in [1.54, 1.807) is 6.20 Å². The van der Waals surface area contributed by atoms with Crippen molar-refractivity contribution in [1.82, 2.24) is 10.3 Å². The lowest BCUT2D eigenvalue weighted by Gasteiger charge is -2.20. The number of anilines is 1. The summed E-state index contributed by atoms with van der Waals surface area (Å²) in [7, 11) is 0. The molecule has 0 spiro atoms. The van der Waals surface area contributed by atoms with Gasteiger partial charge in [0.05, 0.1) is 11.6 Å². The van der Waals surface area contributed by atoms with E-state index in [1.807, 2.05) is 50.3 Å². The second-order valence-electron chi connectivity index (χ2n) is 9.34. The van der Waals surface area contributed by atoms with Crippen LogP contribution in [0.15, 0.2) is 71.7 Å². The minimum atomic E-state index is -0.173. The number of nitrogens with one attached hydrogen (secondary N) is 4. The van der Waals surface area contributed by atoms with Crippen LogP contribution in [0, 0.1) is 29.6 Å². The fraction of sp³-hybridized carbons (Fsp3) is 0.344. The molecule has 0 saturated heterocycles. The highest BCUT2D eigenvalue weighted by atomic mass is 16.1. The first-order valence-electron chi connectivity index (χ1n) is 13.4. The van der Waals surface area contributed by atoms with Crippen LogP contribution >= 0.6 is 0 Å². The number of hydrogen-bond acceptors (Lipinski definition) is 5. The van der Waals surface area contributed by atoms with Crippen molar-refractivity contribution in [2.45, 2.75) is 53.5 Å². The van der Waals surface area contributed by atoms with Gasteiger partial charge in [-0.05, 0) is 67.1 Å². The number of benzene rings is 2. The van der Waals surface area contributed by atoms with Crippen LogP contribution in [0.5, 0.6) is 0 Å². The Labute approximate surface area is 227 Å². The van der Waals surface area contributed by atoms with Crippen LogP contribution in [0.1, 0.15) is 68.0 Å². The van der Waals surface area contributed by atoms with Crippen LogP contribution in [0.2, 0.25) is 0 Å². The van der Waals surface area contributed by atoms with E-state index >= 15 is 0 Å². The van der Waals surface area contributed by atoms with Crippen LogP contribution in [0.4, 0.5) is 5.69 Å². The summed E-state index contributed by atoms with van der Waals surface area (Å²) in [6.07, 6.45) is 6.64. The van der Waals surface area contributed by atoms with Gasteiger partial charge < -0.3 is 21.0 Å². The number of pyridine rings is 1. The fourth-order valence-corrected chi connectivity index (χ4v) is 4.13. The molecule has 3 aromatic rings. The predicted molar refractivity (Wildman–Crippen MR) is 160 cm³/mol. The Kier molecular flexibility index (Phi) is 12.8. The first-order valence-corrected chi connectivity index (χ1v) is 13.4. The fourth-order valence-electron chi connectivity index (χ4n) is 4.13. The molecular formula is C32H41N5O. The van der Waals surface area contributed by atoms with Gasteiger partial charge in [-0.2, -0.15) is 5.26 Å². The molecule has 200 valence electrons. The van der Waals surface area contributed by atoms with Gasteiger partial charge in [-0.1, -0.05) is 75.7 Å². The van der Waals surface area contributed by atoms with Crippen LogP contribution in [0.25, 0.3) is 5.57 Å². The molecule has 1 atom stereocenters. The summed E-state index contributed by atoms with van der Waals surface area (Å²) in [4.78, 5) is 15.2. The molecule has 6 nitrogen and oxygen atoms in total. The molecule has 0 fully saturated rings. The minimum Gasteiger partial charge on any atom is -0.381 e. The lowest BCUT2D eigenvalue weighted by Crippen LogP contribution is -2.26. The quantitative estimate of drug-likeness (QED) is 0.204. The number of H-pyrrole nitrogens is 1. The van der Waals surface area contributed by atoms with Gasteiger partial charge in [0.15, 0.2) is 0 Å². The lowest BCUT2D eigenvalue weighted by molar-refractivity contribution is 0.513. The summed E-state index contributed by atoms with van der Waals surface area (Å²) in [6, 6.07) is 20.3. The molecule has 3 rings (SSSR count). The monoisotopic (exact) mass is 511 g/mol. The van der Waals surface area contributed by atoms with Crippen LogP contribution in [-0.4, -0.2) is 24.3 Å². The highest BCUT2D eigenvalue weighted by Crippen LogP contribution is 2.20. The van der Waals surface area contributed by atoms with Gasteiger partial charge in [0, 0.05) is 30.6 Å². The van der Waals surface area contributed by atoms with Crippen molar-refractivity contribution in [2.75, 3.05) is 18.4 Å². The molecule has 0 amide bonds. The Morgan fingerprint density at radius 2 is 1.84 bits per heavy atom. The van der Waals surface area contributed by atoms with E-state index in [4.69, 9.17) is 10.7 Å².